The molecule has 2 aliphatic heterocycles. The molecule has 2 saturated heterocycles. The Kier molecular flexibility index (Phi) is 12.8. The summed E-state index contributed by atoms with van der Waals surface area (Å²) in [7, 11) is 0. The summed E-state index contributed by atoms with van der Waals surface area (Å²) in [5.74, 6) is -4.47. The highest BCUT2D eigenvalue weighted by molar-refractivity contribution is 5.95. The summed E-state index contributed by atoms with van der Waals surface area (Å²) in [4.78, 5) is 51.3. The zero-order chi connectivity index (χ0) is 42.9. The lowest BCUT2D eigenvalue weighted by Gasteiger charge is -2.70. The minimum atomic E-state index is -2.05. The van der Waals surface area contributed by atoms with E-state index in [1.807, 2.05) is 26.8 Å². The van der Waals surface area contributed by atoms with Crippen LogP contribution in [0.4, 0.5) is 0 Å². The van der Waals surface area contributed by atoms with Crippen molar-refractivity contribution in [2.45, 2.75) is 174 Å². The molecular formula is C42H68N2O16. The number of aliphatic hydroxyl groups excluding tert-OH is 5. The molecule has 5 aliphatic carbocycles. The molecule has 0 amide bonds. The van der Waals surface area contributed by atoms with Gasteiger partial charge in [-0.25, -0.2) is 9.59 Å². The van der Waals surface area contributed by atoms with Crippen molar-refractivity contribution >= 4 is 23.7 Å². The Bertz CT molecular complexity index is 1740. The van der Waals surface area contributed by atoms with Gasteiger partial charge < -0.3 is 72.1 Å². The zero-order valence-corrected chi connectivity index (χ0v) is 35.8. The van der Waals surface area contributed by atoms with Gasteiger partial charge in [0.15, 0.2) is 30.6 Å². The number of ketones is 1. The molecule has 19 atom stereocenters. The van der Waals surface area contributed by atoms with Gasteiger partial charge in [-0.1, -0.05) is 47.1 Å². The zero-order valence-electron chi connectivity index (χ0n) is 35.8. The average Bonchev–Trinajstić information content (AvgIpc) is 3.13. The first kappa shape index (κ1) is 48.4. The molecule has 342 valence electrons. The molecule has 18 heteroatoms. The van der Waals surface area contributed by atoms with Gasteiger partial charge in [0.1, 0.15) is 36.6 Å². The fourth-order valence-electron chi connectivity index (χ4n) is 13.4. The number of carboxylic acid groups (broad SMARTS) is 3. The molecule has 14 N–H and O–H groups in total. The number of aliphatic carboxylic acids is 3. The number of hydrogen-bond acceptors (Lipinski definition) is 15. The SMILES string of the molecule is CC1(C)[C@@H](O[C@@H]2O[C@H](C(=O)O)[C@@H](O)[C@H](O)[C@H]2O[C@@H]2O[C@H](C(=O)O)[C@@H](O)[C@H](O)[C@H]2O)CC[C@]2(C)[C@H]3C(=O)C=C4[C@@H]5C[C@](C)(C(=O)O)CC[C@]5(C)CC[C@@]4(C)[C@]3(C)CC[C@@H]12.N.N. The predicted molar refractivity (Wildman–Crippen MR) is 209 cm³/mol. The highest BCUT2D eigenvalue weighted by Gasteiger charge is 2.71. The Labute approximate surface area is 350 Å². The Balaban J connectivity index is 0.00000341. The maximum Gasteiger partial charge on any atom is 0.335 e. The Hall–Kier alpha value is -2.62. The van der Waals surface area contributed by atoms with Crippen LogP contribution in [0.5, 0.6) is 0 Å². The van der Waals surface area contributed by atoms with Gasteiger partial charge in [-0.3, -0.25) is 9.59 Å². The average molecular weight is 857 g/mol. The molecule has 0 aromatic carbocycles. The molecule has 18 nitrogen and oxygen atoms in total. The normalized spacial score (nSPS) is 50.8. The summed E-state index contributed by atoms with van der Waals surface area (Å²) in [6, 6.07) is 0. The van der Waals surface area contributed by atoms with Crippen molar-refractivity contribution in [3.05, 3.63) is 11.6 Å². The quantitative estimate of drug-likeness (QED) is 0.164. The third-order valence-corrected chi connectivity index (χ3v) is 17.2. The van der Waals surface area contributed by atoms with E-state index in [1.165, 1.54) is 0 Å². The first-order valence-electron chi connectivity index (χ1n) is 20.7. The summed E-state index contributed by atoms with van der Waals surface area (Å²) in [6.07, 6.45) is -12.2. The van der Waals surface area contributed by atoms with Gasteiger partial charge in [-0.05, 0) is 110 Å². The van der Waals surface area contributed by atoms with E-state index >= 15 is 0 Å². The van der Waals surface area contributed by atoms with E-state index in [9.17, 15) is 60.0 Å². The van der Waals surface area contributed by atoms with Crippen LogP contribution >= 0.6 is 0 Å². The van der Waals surface area contributed by atoms with Crippen LogP contribution in [0.15, 0.2) is 11.6 Å². The number of carbonyl (C=O) groups is 4. The van der Waals surface area contributed by atoms with E-state index in [4.69, 9.17) is 18.9 Å². The topological polar surface area (TPSA) is 337 Å². The molecule has 0 aromatic heterocycles. The lowest BCUT2D eigenvalue weighted by atomic mass is 9.33. The molecule has 2 heterocycles. The maximum absolute atomic E-state index is 14.8. The van der Waals surface area contributed by atoms with E-state index < -0.39 is 107 Å². The van der Waals surface area contributed by atoms with Crippen LogP contribution in [0.25, 0.3) is 0 Å². The van der Waals surface area contributed by atoms with Gasteiger partial charge in [-0.15, -0.1) is 0 Å². The Morgan fingerprint density at radius 1 is 0.683 bits per heavy atom. The molecule has 7 rings (SSSR count). The van der Waals surface area contributed by atoms with Gasteiger partial charge in [0.2, 0.25) is 0 Å². The fourth-order valence-corrected chi connectivity index (χ4v) is 13.4. The van der Waals surface area contributed by atoms with Crippen molar-refractivity contribution in [2.75, 3.05) is 0 Å². The summed E-state index contributed by atoms with van der Waals surface area (Å²) in [6.45, 7) is 14.8. The van der Waals surface area contributed by atoms with Crippen LogP contribution in [0, 0.1) is 50.2 Å². The highest BCUT2D eigenvalue weighted by atomic mass is 16.8. The van der Waals surface area contributed by atoms with Crippen molar-refractivity contribution in [1.29, 1.82) is 0 Å². The van der Waals surface area contributed by atoms with E-state index in [-0.39, 0.29) is 46.7 Å². The smallest absolute Gasteiger partial charge is 0.335 e. The second-order valence-electron chi connectivity index (χ2n) is 20.6. The van der Waals surface area contributed by atoms with Crippen LogP contribution in [0.1, 0.15) is 106 Å². The minimum absolute atomic E-state index is 0. The molecule has 60 heavy (non-hydrogen) atoms. The number of rotatable bonds is 7. The molecule has 0 radical (unpaired) electrons. The largest absolute Gasteiger partial charge is 0.481 e. The monoisotopic (exact) mass is 856 g/mol. The van der Waals surface area contributed by atoms with E-state index in [0.717, 1.165) is 37.7 Å². The minimum Gasteiger partial charge on any atom is -0.481 e. The summed E-state index contributed by atoms with van der Waals surface area (Å²) < 4.78 is 23.4. The van der Waals surface area contributed by atoms with Crippen LogP contribution in [-0.2, 0) is 38.1 Å². The summed E-state index contributed by atoms with van der Waals surface area (Å²) >= 11 is 0. The van der Waals surface area contributed by atoms with Gasteiger partial charge in [0.05, 0.1) is 11.5 Å². The third-order valence-electron chi connectivity index (χ3n) is 17.2. The first-order chi connectivity index (χ1) is 26.8. The van der Waals surface area contributed by atoms with Crippen LogP contribution in [0.3, 0.4) is 0 Å². The van der Waals surface area contributed by atoms with Crippen molar-refractivity contribution in [1.82, 2.24) is 12.3 Å². The first-order valence-corrected chi connectivity index (χ1v) is 20.7. The number of aliphatic hydroxyl groups is 5. The van der Waals surface area contributed by atoms with E-state index in [0.29, 0.717) is 25.7 Å². The van der Waals surface area contributed by atoms with Gasteiger partial charge in [0.25, 0.3) is 0 Å². The number of carbonyl (C=O) groups excluding carboxylic acids is 1. The third kappa shape index (κ3) is 6.96. The van der Waals surface area contributed by atoms with E-state index in [1.54, 1.807) is 0 Å². The molecule has 7 aliphatic rings. The highest BCUT2D eigenvalue weighted by Crippen LogP contribution is 2.75. The van der Waals surface area contributed by atoms with Crippen LogP contribution < -0.4 is 12.3 Å². The lowest BCUT2D eigenvalue weighted by molar-refractivity contribution is -0.371. The molecule has 0 spiro atoms. The molecule has 0 unspecified atom stereocenters. The Morgan fingerprint density at radius 3 is 1.83 bits per heavy atom. The van der Waals surface area contributed by atoms with Crippen molar-refractivity contribution in [3.8, 4) is 0 Å². The number of ether oxygens (including phenoxy) is 4. The second kappa shape index (κ2) is 15.9. The fraction of sp³-hybridized carbons (Fsp3) is 0.857. The van der Waals surface area contributed by atoms with Gasteiger partial charge in [0, 0.05) is 5.92 Å². The lowest BCUT2D eigenvalue weighted by Crippen LogP contribution is -2.68. The molecule has 4 saturated carbocycles. The number of carboxylic acids is 3. The predicted octanol–water partition coefficient (Wildman–Crippen LogP) is 2.57. The van der Waals surface area contributed by atoms with Gasteiger partial charge >= 0.3 is 17.9 Å². The maximum atomic E-state index is 14.8. The molecule has 6 fully saturated rings. The molecule has 0 bridgehead atoms. The van der Waals surface area contributed by atoms with Crippen molar-refractivity contribution in [3.63, 3.8) is 0 Å². The standard InChI is InChI=1S/C42H62O16.2H3N/c1-37(2)21-8-11-42(7)31(20(43)16-18-19-17-39(4,36(53)54)13-12-38(19,3)14-15-41(18,42)6)40(21,5)10-9-22(37)55-35-30(26(47)25(46)29(57-35)33(51)52)58-34-27(48)23(44)24(45)28(56-34)32(49)50;;/h16,19,21-31,34-35,44-48H,8-15,17H2,1-7H3,(H,49,50)(H,51,52)(H,53,54);2*1H3/t19-,21-,22-,23-,24-,25-,26-,27+,28-,29-,30+,31+,34-,35+,38+,39+,40-,41+,42+;;/m0../s1. The second-order valence-corrected chi connectivity index (χ2v) is 20.6. The molecular weight excluding hydrogens is 788 g/mol. The Morgan fingerprint density at radius 2 is 1.25 bits per heavy atom. The summed E-state index contributed by atoms with van der Waals surface area (Å²) in [5, 5.41) is 83.0. The van der Waals surface area contributed by atoms with E-state index in [2.05, 4.69) is 27.7 Å². The number of allylic oxidation sites excluding steroid dienone is 2. The van der Waals surface area contributed by atoms with Gasteiger partial charge in [-0.2, -0.15) is 0 Å². The number of fused-ring (bicyclic) bond motifs is 7. The van der Waals surface area contributed by atoms with Crippen molar-refractivity contribution < 1.29 is 79.0 Å². The number of hydrogen-bond donors (Lipinski definition) is 10. The van der Waals surface area contributed by atoms with Crippen LogP contribution in [-0.4, -0.2) is 132 Å². The van der Waals surface area contributed by atoms with Crippen LogP contribution in [0.2, 0.25) is 0 Å². The van der Waals surface area contributed by atoms with Crippen molar-refractivity contribution in [2.24, 2.45) is 50.2 Å². The summed E-state index contributed by atoms with van der Waals surface area (Å²) in [5.41, 5.74) is -1.81. The molecule has 0 aromatic rings.